The van der Waals surface area contributed by atoms with Gasteiger partial charge in [0, 0.05) is 27.2 Å². The highest BCUT2D eigenvalue weighted by molar-refractivity contribution is 14.0. The number of hydrogen-bond acceptors (Lipinski definition) is 4. The summed E-state index contributed by atoms with van der Waals surface area (Å²) in [6.07, 6.45) is 0.0198. The summed E-state index contributed by atoms with van der Waals surface area (Å²) in [5.41, 5.74) is 0.843. The highest BCUT2D eigenvalue weighted by atomic mass is 127. The number of hydrogen-bond donors (Lipinski definition) is 2. The van der Waals surface area contributed by atoms with Crippen LogP contribution in [0.15, 0.2) is 23.2 Å². The van der Waals surface area contributed by atoms with Gasteiger partial charge in [0.05, 0.1) is 12.7 Å². The molecular weight excluding hydrogens is 483 g/mol. The minimum Gasteiger partial charge on any atom is -0.490 e. The number of nitrogens with zero attached hydrogens (tertiary/aromatic N) is 1. The van der Waals surface area contributed by atoms with Gasteiger partial charge in [0.15, 0.2) is 17.5 Å². The number of rotatable bonds is 9. The minimum absolute atomic E-state index is 0. The fourth-order valence-corrected chi connectivity index (χ4v) is 2.46. The topological polar surface area (TPSA) is 64.1 Å². The third-order valence-corrected chi connectivity index (χ3v) is 3.91. The van der Waals surface area contributed by atoms with Crippen LogP contribution >= 0.6 is 24.0 Å². The van der Waals surface area contributed by atoms with E-state index >= 15 is 0 Å². The number of aliphatic imine (C=N–C) groups is 1. The van der Waals surface area contributed by atoms with Crippen molar-refractivity contribution < 1.29 is 23.0 Å². The lowest BCUT2D eigenvalue weighted by atomic mass is 9.89. The SMILES string of the molecule is CCOc1cc(CNC(=NC)NCC(OC)C(C)(C)C)ccc1OC(F)F.I. The van der Waals surface area contributed by atoms with Gasteiger partial charge in [0.25, 0.3) is 0 Å². The van der Waals surface area contributed by atoms with Crippen molar-refractivity contribution in [3.8, 4) is 11.5 Å². The molecule has 2 N–H and O–H groups in total. The van der Waals surface area contributed by atoms with Gasteiger partial charge < -0.3 is 24.8 Å². The summed E-state index contributed by atoms with van der Waals surface area (Å²) in [5, 5.41) is 6.42. The van der Waals surface area contributed by atoms with Gasteiger partial charge in [0.2, 0.25) is 0 Å². The van der Waals surface area contributed by atoms with E-state index in [0.717, 1.165) is 5.56 Å². The van der Waals surface area contributed by atoms with Gasteiger partial charge in [-0.2, -0.15) is 8.78 Å². The van der Waals surface area contributed by atoms with Crippen molar-refractivity contribution in [3.05, 3.63) is 23.8 Å². The molecule has 0 saturated heterocycles. The summed E-state index contributed by atoms with van der Waals surface area (Å²) < 4.78 is 40.4. The highest BCUT2D eigenvalue weighted by Gasteiger charge is 2.24. The van der Waals surface area contributed by atoms with E-state index in [9.17, 15) is 8.78 Å². The molecule has 1 aromatic rings. The molecule has 1 unspecified atom stereocenters. The van der Waals surface area contributed by atoms with Crippen LogP contribution in [0.5, 0.6) is 11.5 Å². The van der Waals surface area contributed by atoms with E-state index in [0.29, 0.717) is 25.7 Å². The molecule has 0 aliphatic carbocycles. The summed E-state index contributed by atoms with van der Waals surface area (Å²) in [4.78, 5) is 4.19. The van der Waals surface area contributed by atoms with Crippen LogP contribution in [0.25, 0.3) is 0 Å². The van der Waals surface area contributed by atoms with Crippen molar-refractivity contribution >= 4 is 29.9 Å². The second-order valence-corrected chi connectivity index (χ2v) is 6.99. The minimum atomic E-state index is -2.90. The summed E-state index contributed by atoms with van der Waals surface area (Å²) in [7, 11) is 3.37. The predicted octanol–water partition coefficient (Wildman–Crippen LogP) is 4.03. The van der Waals surface area contributed by atoms with Crippen molar-refractivity contribution in [2.45, 2.75) is 47.0 Å². The molecule has 0 amide bonds. The zero-order valence-electron chi connectivity index (χ0n) is 17.3. The molecule has 0 aliphatic heterocycles. The molecule has 0 saturated carbocycles. The number of ether oxygens (including phenoxy) is 3. The van der Waals surface area contributed by atoms with Crippen molar-refractivity contribution in [2.75, 3.05) is 27.3 Å². The fourth-order valence-electron chi connectivity index (χ4n) is 2.46. The Labute approximate surface area is 183 Å². The lowest BCUT2D eigenvalue weighted by Gasteiger charge is -2.30. The Morgan fingerprint density at radius 3 is 2.36 bits per heavy atom. The Hall–Kier alpha value is -1.36. The van der Waals surface area contributed by atoms with Crippen molar-refractivity contribution in [2.24, 2.45) is 10.4 Å². The van der Waals surface area contributed by atoms with Crippen LogP contribution in [0, 0.1) is 5.41 Å². The van der Waals surface area contributed by atoms with Crippen LogP contribution in [-0.2, 0) is 11.3 Å². The Morgan fingerprint density at radius 1 is 1.18 bits per heavy atom. The quantitative estimate of drug-likeness (QED) is 0.296. The molecule has 1 rings (SSSR count). The van der Waals surface area contributed by atoms with Crippen LogP contribution in [0.4, 0.5) is 8.78 Å². The first-order chi connectivity index (χ1) is 12.7. The lowest BCUT2D eigenvalue weighted by Crippen LogP contribution is -2.45. The molecule has 0 bridgehead atoms. The highest BCUT2D eigenvalue weighted by Crippen LogP contribution is 2.29. The van der Waals surface area contributed by atoms with E-state index in [1.165, 1.54) is 6.07 Å². The van der Waals surface area contributed by atoms with Crippen molar-refractivity contribution in [1.29, 1.82) is 0 Å². The van der Waals surface area contributed by atoms with E-state index in [-0.39, 0.29) is 47.0 Å². The van der Waals surface area contributed by atoms with E-state index in [2.05, 4.69) is 41.1 Å². The number of halogens is 3. The molecule has 0 heterocycles. The summed E-state index contributed by atoms with van der Waals surface area (Å²) >= 11 is 0. The molecule has 1 atom stereocenters. The fraction of sp³-hybridized carbons (Fsp3) is 0.632. The largest absolute Gasteiger partial charge is 0.490 e. The Kier molecular flexibility index (Phi) is 12.3. The van der Waals surface area contributed by atoms with Crippen LogP contribution in [0.3, 0.4) is 0 Å². The number of benzene rings is 1. The summed E-state index contributed by atoms with van der Waals surface area (Å²) in [6, 6.07) is 4.85. The molecule has 0 aromatic heterocycles. The maximum absolute atomic E-state index is 12.5. The number of nitrogens with one attached hydrogen (secondary N) is 2. The average molecular weight is 515 g/mol. The van der Waals surface area contributed by atoms with Gasteiger partial charge in [-0.3, -0.25) is 4.99 Å². The van der Waals surface area contributed by atoms with Crippen LogP contribution in [0.1, 0.15) is 33.3 Å². The van der Waals surface area contributed by atoms with Gasteiger partial charge in [-0.1, -0.05) is 26.8 Å². The van der Waals surface area contributed by atoms with Crippen molar-refractivity contribution in [3.63, 3.8) is 0 Å². The average Bonchev–Trinajstić information content (AvgIpc) is 2.58. The maximum atomic E-state index is 12.5. The van der Waals surface area contributed by atoms with Gasteiger partial charge in [-0.15, -0.1) is 24.0 Å². The molecule has 0 spiro atoms. The second kappa shape index (κ2) is 13.0. The van der Waals surface area contributed by atoms with E-state index < -0.39 is 6.61 Å². The van der Waals surface area contributed by atoms with Gasteiger partial charge >= 0.3 is 6.61 Å². The van der Waals surface area contributed by atoms with Crippen molar-refractivity contribution in [1.82, 2.24) is 10.6 Å². The third-order valence-electron chi connectivity index (χ3n) is 3.91. The molecule has 0 fully saturated rings. The van der Waals surface area contributed by atoms with Gasteiger partial charge in [-0.25, -0.2) is 0 Å². The van der Waals surface area contributed by atoms with Gasteiger partial charge in [0.1, 0.15) is 0 Å². The monoisotopic (exact) mass is 515 g/mol. The molecule has 9 heteroatoms. The standard InChI is InChI=1S/C19H31F2N3O3.HI/c1-7-26-15-10-13(8-9-14(15)27-17(20)21)11-23-18(22-5)24-12-16(25-6)19(2,3)4;/h8-10,16-17H,7,11-12H2,1-6H3,(H2,22,23,24);1H. The van der Waals surface area contributed by atoms with E-state index in [4.69, 9.17) is 9.47 Å². The number of guanidine groups is 1. The smallest absolute Gasteiger partial charge is 0.387 e. The van der Waals surface area contributed by atoms with Crippen LogP contribution in [-0.4, -0.2) is 46.0 Å². The zero-order chi connectivity index (χ0) is 20.4. The van der Waals surface area contributed by atoms with Gasteiger partial charge in [-0.05, 0) is 30.0 Å². The number of methoxy groups -OCH3 is 1. The third kappa shape index (κ3) is 9.22. The second-order valence-electron chi connectivity index (χ2n) is 6.99. The molecule has 0 aliphatic rings. The molecule has 162 valence electrons. The van der Waals surface area contributed by atoms with E-state index in [1.807, 2.05) is 0 Å². The number of alkyl halides is 2. The molecular formula is C19H32F2IN3O3. The first kappa shape index (κ1) is 26.6. The first-order valence-corrected chi connectivity index (χ1v) is 8.89. The normalized spacial score (nSPS) is 13.0. The zero-order valence-corrected chi connectivity index (χ0v) is 19.7. The molecule has 6 nitrogen and oxygen atoms in total. The Bertz CT molecular complexity index is 611. The summed E-state index contributed by atoms with van der Waals surface area (Å²) in [5.74, 6) is 0.922. The molecule has 0 radical (unpaired) electrons. The van der Waals surface area contributed by atoms with Crippen LogP contribution in [0.2, 0.25) is 0 Å². The Morgan fingerprint density at radius 2 is 1.86 bits per heavy atom. The summed E-state index contributed by atoms with van der Waals surface area (Å²) in [6.45, 7) is 6.61. The Balaban J connectivity index is 0.00000729. The van der Waals surface area contributed by atoms with Crippen LogP contribution < -0.4 is 20.1 Å². The molecule has 28 heavy (non-hydrogen) atoms. The first-order valence-electron chi connectivity index (χ1n) is 8.89. The predicted molar refractivity (Wildman–Crippen MR) is 118 cm³/mol. The maximum Gasteiger partial charge on any atom is 0.387 e. The van der Waals surface area contributed by atoms with E-state index in [1.54, 1.807) is 33.2 Å². The lowest BCUT2D eigenvalue weighted by molar-refractivity contribution is -0.0514. The molecule has 1 aromatic carbocycles.